The van der Waals surface area contributed by atoms with Gasteiger partial charge in [0.1, 0.15) is 0 Å². The minimum atomic E-state index is -3.25. The van der Waals surface area contributed by atoms with Gasteiger partial charge in [0, 0.05) is 25.7 Å². The average molecular weight is 277 g/mol. The quantitative estimate of drug-likeness (QED) is 0.847. The highest BCUT2D eigenvalue weighted by atomic mass is 32.2. The van der Waals surface area contributed by atoms with Crippen LogP contribution in [0.1, 0.15) is 5.69 Å². The molecule has 0 saturated carbocycles. The van der Waals surface area contributed by atoms with Gasteiger partial charge in [-0.3, -0.25) is 9.97 Å². The molecule has 1 heterocycles. The monoisotopic (exact) mass is 277 g/mol. The maximum absolute atomic E-state index is 11.8. The summed E-state index contributed by atoms with van der Waals surface area (Å²) in [6.07, 6.45) is 6.10. The van der Waals surface area contributed by atoms with Crippen LogP contribution in [0.5, 0.6) is 0 Å². The molecule has 5 nitrogen and oxygen atoms in total. The maximum atomic E-state index is 11.8. The number of sulfone groups is 1. The minimum Gasteiger partial charge on any atom is -0.368 e. The van der Waals surface area contributed by atoms with Gasteiger partial charge in [0.2, 0.25) is 0 Å². The van der Waals surface area contributed by atoms with Gasteiger partial charge in [-0.05, 0) is 12.1 Å². The Morgan fingerprint density at radius 1 is 1.21 bits per heavy atom. The third-order valence-electron chi connectivity index (χ3n) is 2.69. The third-order valence-corrected chi connectivity index (χ3v) is 3.84. The van der Waals surface area contributed by atoms with Crippen molar-refractivity contribution in [2.24, 2.45) is 0 Å². The first-order chi connectivity index (χ1) is 8.98. The lowest BCUT2D eigenvalue weighted by Gasteiger charge is -2.21. The molecule has 0 spiro atoms. The van der Waals surface area contributed by atoms with Crippen molar-refractivity contribution in [2.75, 3.05) is 18.2 Å². The number of benzene rings is 1. The van der Waals surface area contributed by atoms with E-state index in [0.717, 1.165) is 5.69 Å². The van der Waals surface area contributed by atoms with E-state index < -0.39 is 9.84 Å². The topological polar surface area (TPSA) is 63.2 Å². The lowest BCUT2D eigenvalue weighted by molar-refractivity contribution is 0.601. The highest BCUT2D eigenvalue weighted by molar-refractivity contribution is 7.90. The molecule has 19 heavy (non-hydrogen) atoms. The number of anilines is 1. The summed E-state index contributed by atoms with van der Waals surface area (Å²) in [5.41, 5.74) is 1.45. The number of para-hydroxylation sites is 1. The van der Waals surface area contributed by atoms with Gasteiger partial charge in [-0.1, -0.05) is 12.1 Å². The molecule has 0 aliphatic carbocycles. The minimum absolute atomic E-state index is 0.321. The molecule has 100 valence electrons. The van der Waals surface area contributed by atoms with Crippen LogP contribution in [0.3, 0.4) is 0 Å². The molecule has 0 radical (unpaired) electrons. The van der Waals surface area contributed by atoms with Crippen LogP contribution < -0.4 is 4.90 Å². The predicted octanol–water partition coefficient (Wildman–Crippen LogP) is 1.52. The molecule has 1 aromatic heterocycles. The molecular weight excluding hydrogens is 262 g/mol. The molecule has 0 aliphatic rings. The number of nitrogens with zero attached hydrogens (tertiary/aromatic N) is 3. The maximum Gasteiger partial charge on any atom is 0.177 e. The van der Waals surface area contributed by atoms with Crippen LogP contribution in [0.4, 0.5) is 5.69 Å². The van der Waals surface area contributed by atoms with Crippen LogP contribution in [0.15, 0.2) is 47.8 Å². The summed E-state index contributed by atoms with van der Waals surface area (Å²) in [7, 11) is -1.42. The van der Waals surface area contributed by atoms with Gasteiger partial charge in [0.15, 0.2) is 9.84 Å². The molecule has 0 saturated heterocycles. The van der Waals surface area contributed by atoms with Crippen LogP contribution in [0.25, 0.3) is 0 Å². The first-order valence-corrected chi connectivity index (χ1v) is 7.63. The van der Waals surface area contributed by atoms with E-state index in [1.807, 2.05) is 18.0 Å². The fourth-order valence-electron chi connectivity index (χ4n) is 1.83. The molecule has 2 aromatic rings. The lowest BCUT2D eigenvalue weighted by atomic mass is 10.3. The number of aromatic nitrogens is 2. The summed E-state index contributed by atoms with van der Waals surface area (Å²) in [4.78, 5) is 10.3. The van der Waals surface area contributed by atoms with E-state index in [-0.39, 0.29) is 0 Å². The Hall–Kier alpha value is -1.95. The van der Waals surface area contributed by atoms with E-state index in [2.05, 4.69) is 9.97 Å². The fraction of sp³-hybridized carbons (Fsp3) is 0.231. The van der Waals surface area contributed by atoms with E-state index in [4.69, 9.17) is 0 Å². The Morgan fingerprint density at radius 3 is 2.58 bits per heavy atom. The Bertz CT molecular complexity index is 657. The molecule has 0 atom stereocenters. The Morgan fingerprint density at radius 2 is 1.95 bits per heavy atom. The van der Waals surface area contributed by atoms with Gasteiger partial charge >= 0.3 is 0 Å². The Labute approximate surface area is 112 Å². The predicted molar refractivity (Wildman–Crippen MR) is 73.7 cm³/mol. The van der Waals surface area contributed by atoms with Crippen molar-refractivity contribution in [3.05, 3.63) is 48.5 Å². The van der Waals surface area contributed by atoms with Crippen molar-refractivity contribution in [1.29, 1.82) is 0 Å². The highest BCUT2D eigenvalue weighted by Gasteiger charge is 2.15. The van der Waals surface area contributed by atoms with Crippen LogP contribution in [-0.2, 0) is 16.4 Å². The van der Waals surface area contributed by atoms with Crippen molar-refractivity contribution in [2.45, 2.75) is 11.4 Å². The zero-order valence-corrected chi connectivity index (χ0v) is 11.6. The normalized spacial score (nSPS) is 11.3. The molecule has 0 N–H and O–H groups in total. The molecule has 0 amide bonds. The van der Waals surface area contributed by atoms with E-state index in [0.29, 0.717) is 17.1 Å². The van der Waals surface area contributed by atoms with E-state index in [1.54, 1.807) is 36.8 Å². The second-order valence-corrected chi connectivity index (χ2v) is 6.28. The summed E-state index contributed by atoms with van der Waals surface area (Å²) >= 11 is 0. The van der Waals surface area contributed by atoms with Crippen molar-refractivity contribution in [3.63, 3.8) is 0 Å². The zero-order chi connectivity index (χ0) is 13.9. The van der Waals surface area contributed by atoms with Crippen molar-refractivity contribution in [3.8, 4) is 0 Å². The van der Waals surface area contributed by atoms with Gasteiger partial charge in [-0.2, -0.15) is 0 Å². The van der Waals surface area contributed by atoms with Crippen molar-refractivity contribution < 1.29 is 8.42 Å². The largest absolute Gasteiger partial charge is 0.368 e. The summed E-state index contributed by atoms with van der Waals surface area (Å²) in [5, 5.41) is 0. The van der Waals surface area contributed by atoms with Gasteiger partial charge in [0.05, 0.1) is 29.0 Å². The Kier molecular flexibility index (Phi) is 3.80. The second kappa shape index (κ2) is 5.36. The van der Waals surface area contributed by atoms with Gasteiger partial charge < -0.3 is 4.90 Å². The highest BCUT2D eigenvalue weighted by Crippen LogP contribution is 2.24. The molecule has 0 bridgehead atoms. The molecule has 0 unspecified atom stereocenters. The van der Waals surface area contributed by atoms with Crippen LogP contribution >= 0.6 is 0 Å². The smallest absolute Gasteiger partial charge is 0.177 e. The Balaban J connectivity index is 2.32. The summed E-state index contributed by atoms with van der Waals surface area (Å²) in [6.45, 7) is 0.500. The van der Waals surface area contributed by atoms with Gasteiger partial charge in [-0.25, -0.2) is 8.42 Å². The van der Waals surface area contributed by atoms with E-state index >= 15 is 0 Å². The van der Waals surface area contributed by atoms with Gasteiger partial charge in [-0.15, -0.1) is 0 Å². The molecule has 0 aliphatic heterocycles. The number of rotatable bonds is 4. The lowest BCUT2D eigenvalue weighted by Crippen LogP contribution is -2.19. The summed E-state index contributed by atoms with van der Waals surface area (Å²) in [6, 6.07) is 6.93. The molecule has 1 aromatic carbocycles. The third kappa shape index (κ3) is 3.29. The van der Waals surface area contributed by atoms with Crippen molar-refractivity contribution in [1.82, 2.24) is 9.97 Å². The van der Waals surface area contributed by atoms with Crippen molar-refractivity contribution >= 4 is 15.5 Å². The number of hydrogen-bond donors (Lipinski definition) is 0. The average Bonchev–Trinajstić information content (AvgIpc) is 2.39. The van der Waals surface area contributed by atoms with Crippen LogP contribution in [-0.4, -0.2) is 31.7 Å². The van der Waals surface area contributed by atoms with Crippen LogP contribution in [0.2, 0.25) is 0 Å². The zero-order valence-electron chi connectivity index (χ0n) is 10.8. The van der Waals surface area contributed by atoms with Crippen LogP contribution in [0, 0.1) is 0 Å². The molecule has 2 rings (SSSR count). The summed E-state index contributed by atoms with van der Waals surface area (Å²) < 4.78 is 23.5. The summed E-state index contributed by atoms with van der Waals surface area (Å²) in [5.74, 6) is 0. The number of hydrogen-bond acceptors (Lipinski definition) is 5. The second-order valence-electron chi connectivity index (χ2n) is 4.29. The molecule has 0 fully saturated rings. The first-order valence-electron chi connectivity index (χ1n) is 5.73. The van der Waals surface area contributed by atoms with Gasteiger partial charge in [0.25, 0.3) is 0 Å². The molecular formula is C13H15N3O2S. The van der Waals surface area contributed by atoms with E-state index in [9.17, 15) is 8.42 Å². The van der Waals surface area contributed by atoms with E-state index in [1.165, 1.54) is 6.26 Å². The fourth-order valence-corrected chi connectivity index (χ4v) is 2.76. The standard InChI is InChI=1S/C13H15N3O2S/c1-16(10-11-9-14-7-8-15-11)12-5-3-4-6-13(12)19(2,17)18/h3-9H,10H2,1-2H3. The molecule has 6 heteroatoms. The SMILES string of the molecule is CN(Cc1cnccn1)c1ccccc1S(C)(=O)=O. The first kappa shape index (κ1) is 13.5.